The van der Waals surface area contributed by atoms with Gasteiger partial charge in [0.1, 0.15) is 0 Å². The first kappa shape index (κ1) is 15.7. The summed E-state index contributed by atoms with van der Waals surface area (Å²) in [6.07, 6.45) is 0.992. The summed E-state index contributed by atoms with van der Waals surface area (Å²) in [5.74, 6) is -0.0506. The van der Waals surface area contributed by atoms with Crippen molar-refractivity contribution < 1.29 is 4.79 Å². The van der Waals surface area contributed by atoms with E-state index in [1.165, 1.54) is 15.3 Å². The summed E-state index contributed by atoms with van der Waals surface area (Å²) in [7, 11) is 0. The molecule has 21 heavy (non-hydrogen) atoms. The van der Waals surface area contributed by atoms with Gasteiger partial charge in [-0.3, -0.25) is 4.79 Å². The Morgan fingerprint density at radius 1 is 1.24 bits per heavy atom. The van der Waals surface area contributed by atoms with Crippen LogP contribution in [0.1, 0.15) is 29.2 Å². The molecule has 0 aliphatic carbocycles. The van der Waals surface area contributed by atoms with Gasteiger partial charge in [-0.15, -0.1) is 11.3 Å². The van der Waals surface area contributed by atoms with Crippen LogP contribution in [-0.2, 0) is 17.8 Å². The van der Waals surface area contributed by atoms with Crippen LogP contribution in [0.5, 0.6) is 0 Å². The first-order chi connectivity index (χ1) is 10.0. The zero-order valence-electron chi connectivity index (χ0n) is 12.8. The van der Waals surface area contributed by atoms with E-state index < -0.39 is 6.04 Å². The molecule has 1 aromatic carbocycles. The van der Waals surface area contributed by atoms with Crippen LogP contribution in [0.25, 0.3) is 0 Å². The second kappa shape index (κ2) is 6.87. The number of benzene rings is 1. The number of thiophene rings is 1. The summed E-state index contributed by atoms with van der Waals surface area (Å²) < 4.78 is 0. The minimum atomic E-state index is -0.503. The summed E-state index contributed by atoms with van der Waals surface area (Å²) >= 11 is 1.71. The third-order valence-corrected chi connectivity index (χ3v) is 4.41. The molecule has 112 valence electrons. The number of amides is 1. The Labute approximate surface area is 130 Å². The quantitative estimate of drug-likeness (QED) is 0.919. The first-order valence-corrected chi connectivity index (χ1v) is 8.04. The third kappa shape index (κ3) is 3.93. The molecule has 0 radical (unpaired) electrons. The number of nitrogens with zero attached hydrogens (tertiary/aromatic N) is 1. The average Bonchev–Trinajstić information content (AvgIpc) is 2.89. The number of aryl methyl sites for hydroxylation is 2. The molecule has 1 amide bonds. The van der Waals surface area contributed by atoms with Crippen molar-refractivity contribution in [3.8, 4) is 0 Å². The zero-order chi connectivity index (χ0) is 15.4. The Kier molecular flexibility index (Phi) is 5.15. The minimum absolute atomic E-state index is 0.0506. The van der Waals surface area contributed by atoms with E-state index in [0.717, 1.165) is 12.1 Å². The molecule has 1 heterocycles. The van der Waals surface area contributed by atoms with Gasteiger partial charge in [-0.1, -0.05) is 19.1 Å². The largest absolute Gasteiger partial charge is 0.320 e. The lowest BCUT2D eigenvalue weighted by atomic mass is 10.1. The van der Waals surface area contributed by atoms with Gasteiger partial charge in [0.05, 0.1) is 12.6 Å². The van der Waals surface area contributed by atoms with Crippen LogP contribution in [0.15, 0.2) is 36.4 Å². The second-order valence-corrected chi connectivity index (χ2v) is 6.62. The fourth-order valence-corrected chi connectivity index (χ4v) is 3.06. The van der Waals surface area contributed by atoms with E-state index >= 15 is 0 Å². The topological polar surface area (TPSA) is 46.3 Å². The van der Waals surface area contributed by atoms with E-state index in [1.54, 1.807) is 23.2 Å². The molecule has 0 bridgehead atoms. The fourth-order valence-electron chi connectivity index (χ4n) is 2.18. The van der Waals surface area contributed by atoms with Crippen molar-refractivity contribution in [2.24, 2.45) is 5.73 Å². The number of hydrogen-bond acceptors (Lipinski definition) is 3. The number of rotatable bonds is 5. The van der Waals surface area contributed by atoms with E-state index in [1.807, 2.05) is 12.1 Å². The van der Waals surface area contributed by atoms with Gasteiger partial charge in [0.25, 0.3) is 0 Å². The molecule has 2 rings (SSSR count). The van der Waals surface area contributed by atoms with Crippen LogP contribution in [0.4, 0.5) is 5.69 Å². The van der Waals surface area contributed by atoms with Crippen LogP contribution in [0.2, 0.25) is 0 Å². The van der Waals surface area contributed by atoms with Crippen LogP contribution in [-0.4, -0.2) is 11.9 Å². The lowest BCUT2D eigenvalue weighted by Crippen LogP contribution is -2.41. The molecule has 0 saturated carbocycles. The maximum Gasteiger partial charge on any atom is 0.243 e. The molecule has 0 unspecified atom stereocenters. The molecule has 2 aromatic rings. The lowest BCUT2D eigenvalue weighted by molar-refractivity contribution is -0.119. The van der Waals surface area contributed by atoms with Gasteiger partial charge in [-0.2, -0.15) is 0 Å². The Morgan fingerprint density at radius 3 is 2.38 bits per heavy atom. The number of nitrogens with two attached hydrogens (primary N) is 1. The van der Waals surface area contributed by atoms with Gasteiger partial charge in [0.15, 0.2) is 0 Å². The predicted molar refractivity (Wildman–Crippen MR) is 89.7 cm³/mol. The number of anilines is 1. The van der Waals surface area contributed by atoms with Crippen LogP contribution < -0.4 is 10.6 Å². The molecule has 0 fully saturated rings. The van der Waals surface area contributed by atoms with Gasteiger partial charge < -0.3 is 10.6 Å². The van der Waals surface area contributed by atoms with Crippen LogP contribution in [0.3, 0.4) is 0 Å². The van der Waals surface area contributed by atoms with Gasteiger partial charge >= 0.3 is 0 Å². The SMILES string of the molecule is CCc1ccc(N(Cc2ccc(C)s2)C(=O)[C@H](C)N)cc1. The Morgan fingerprint density at radius 2 is 1.90 bits per heavy atom. The highest BCUT2D eigenvalue weighted by atomic mass is 32.1. The molecule has 4 heteroatoms. The Hall–Kier alpha value is -1.65. The Balaban J connectivity index is 2.28. The van der Waals surface area contributed by atoms with Crippen molar-refractivity contribution in [2.75, 3.05) is 4.90 Å². The predicted octanol–water partition coefficient (Wildman–Crippen LogP) is 3.50. The minimum Gasteiger partial charge on any atom is -0.320 e. The standard InChI is InChI=1S/C17H22N2OS/c1-4-14-6-8-15(9-7-14)19(17(20)13(3)18)11-16-10-5-12(2)21-16/h5-10,13H,4,11,18H2,1-3H3/t13-/m0/s1. The zero-order valence-corrected chi connectivity index (χ0v) is 13.6. The molecular formula is C17H22N2OS. The summed E-state index contributed by atoms with van der Waals surface area (Å²) in [5, 5.41) is 0. The maximum absolute atomic E-state index is 12.4. The van der Waals surface area contributed by atoms with E-state index in [0.29, 0.717) is 6.54 Å². The van der Waals surface area contributed by atoms with Crippen LogP contribution in [0, 0.1) is 6.92 Å². The van der Waals surface area contributed by atoms with Crippen molar-refractivity contribution >= 4 is 22.9 Å². The summed E-state index contributed by atoms with van der Waals surface area (Å²) in [6, 6.07) is 11.8. The monoisotopic (exact) mass is 302 g/mol. The molecule has 0 aliphatic rings. The smallest absolute Gasteiger partial charge is 0.243 e. The highest BCUT2D eigenvalue weighted by Gasteiger charge is 2.20. The molecule has 0 aliphatic heterocycles. The maximum atomic E-state index is 12.4. The summed E-state index contributed by atoms with van der Waals surface area (Å²) in [4.78, 5) is 16.6. The van der Waals surface area contributed by atoms with E-state index in [9.17, 15) is 4.79 Å². The Bertz CT molecular complexity index is 602. The van der Waals surface area contributed by atoms with Crippen molar-refractivity contribution in [1.82, 2.24) is 0 Å². The molecule has 2 N–H and O–H groups in total. The highest BCUT2D eigenvalue weighted by molar-refractivity contribution is 7.11. The van der Waals surface area contributed by atoms with Crippen LogP contribution >= 0.6 is 11.3 Å². The average molecular weight is 302 g/mol. The van der Waals surface area contributed by atoms with Gasteiger partial charge in [0.2, 0.25) is 5.91 Å². The second-order valence-electron chi connectivity index (χ2n) is 5.25. The van der Waals surface area contributed by atoms with E-state index in [-0.39, 0.29) is 5.91 Å². The summed E-state index contributed by atoms with van der Waals surface area (Å²) in [5.41, 5.74) is 7.97. The van der Waals surface area contributed by atoms with Crippen molar-refractivity contribution in [2.45, 2.75) is 39.8 Å². The number of hydrogen-bond donors (Lipinski definition) is 1. The molecule has 1 atom stereocenters. The first-order valence-electron chi connectivity index (χ1n) is 7.22. The molecule has 0 saturated heterocycles. The fraction of sp³-hybridized carbons (Fsp3) is 0.353. The highest BCUT2D eigenvalue weighted by Crippen LogP contribution is 2.23. The molecule has 0 spiro atoms. The molecule has 3 nitrogen and oxygen atoms in total. The van der Waals surface area contributed by atoms with Crippen molar-refractivity contribution in [3.63, 3.8) is 0 Å². The molecule has 1 aromatic heterocycles. The van der Waals surface area contributed by atoms with Crippen molar-refractivity contribution in [3.05, 3.63) is 51.7 Å². The third-order valence-electron chi connectivity index (χ3n) is 3.42. The van der Waals surface area contributed by atoms with Crippen molar-refractivity contribution in [1.29, 1.82) is 0 Å². The van der Waals surface area contributed by atoms with E-state index in [4.69, 9.17) is 5.73 Å². The summed E-state index contributed by atoms with van der Waals surface area (Å²) in [6.45, 7) is 6.50. The van der Waals surface area contributed by atoms with Gasteiger partial charge in [-0.25, -0.2) is 0 Å². The lowest BCUT2D eigenvalue weighted by Gasteiger charge is -2.24. The number of carbonyl (C=O) groups is 1. The van der Waals surface area contributed by atoms with E-state index in [2.05, 4.69) is 38.1 Å². The van der Waals surface area contributed by atoms with Gasteiger partial charge in [0, 0.05) is 15.4 Å². The van der Waals surface area contributed by atoms with Gasteiger partial charge in [-0.05, 0) is 50.1 Å². The number of carbonyl (C=O) groups excluding carboxylic acids is 1. The molecular weight excluding hydrogens is 280 g/mol. The normalized spacial score (nSPS) is 12.2.